The molecule has 0 aliphatic carbocycles. The number of sulfone groups is 1. The molecule has 5 heteroatoms. The Hall–Kier alpha value is -1.14. The van der Waals surface area contributed by atoms with Gasteiger partial charge in [-0.2, -0.15) is 0 Å². The second-order valence-electron chi connectivity index (χ2n) is 6.62. The van der Waals surface area contributed by atoms with E-state index in [1.165, 1.54) is 4.40 Å². The summed E-state index contributed by atoms with van der Waals surface area (Å²) in [5.41, 5.74) is 0. The van der Waals surface area contributed by atoms with E-state index in [1.54, 1.807) is 24.3 Å². The first-order valence-electron chi connectivity index (χ1n) is 8.31. The third-order valence-corrected chi connectivity index (χ3v) is 19.4. The van der Waals surface area contributed by atoms with Crippen molar-refractivity contribution in [1.29, 1.82) is 0 Å². The van der Waals surface area contributed by atoms with Crippen molar-refractivity contribution >= 4 is 27.5 Å². The van der Waals surface area contributed by atoms with Crippen molar-refractivity contribution < 1.29 is 12.8 Å². The fourth-order valence-electron chi connectivity index (χ4n) is 3.16. The standard InChI is InChI=1S/C19H25FGeO2S/c1-21(2,17-11-5-3-6-12-17)19(15-9-10-16-20)24(22,23)18-13-7-4-8-14-18/h3-8,11-14,19H,9-10,15-16H2,1-2H3. The second-order valence-corrected chi connectivity index (χ2v) is 19.5. The van der Waals surface area contributed by atoms with Gasteiger partial charge in [0.2, 0.25) is 0 Å². The van der Waals surface area contributed by atoms with Gasteiger partial charge in [-0.3, -0.25) is 0 Å². The summed E-state index contributed by atoms with van der Waals surface area (Å²) < 4.78 is 39.9. The van der Waals surface area contributed by atoms with E-state index in [1.807, 2.05) is 36.4 Å². The van der Waals surface area contributed by atoms with Gasteiger partial charge in [-0.05, 0) is 0 Å². The Kier molecular flexibility index (Phi) is 6.64. The van der Waals surface area contributed by atoms with Gasteiger partial charge in [0.1, 0.15) is 0 Å². The Bertz CT molecular complexity index is 730. The number of rotatable bonds is 8. The van der Waals surface area contributed by atoms with E-state index in [9.17, 15) is 12.8 Å². The van der Waals surface area contributed by atoms with E-state index in [-0.39, 0.29) is 0 Å². The molecule has 2 aromatic carbocycles. The summed E-state index contributed by atoms with van der Waals surface area (Å²) in [7, 11) is -3.43. The predicted octanol–water partition coefficient (Wildman–Crippen LogP) is 4.12. The normalized spacial score (nSPS) is 13.6. The Morgan fingerprint density at radius 1 is 0.917 bits per heavy atom. The van der Waals surface area contributed by atoms with E-state index in [0.717, 1.165) is 0 Å². The number of halogens is 1. The monoisotopic (exact) mass is 410 g/mol. The molecule has 2 rings (SSSR count). The van der Waals surface area contributed by atoms with Gasteiger partial charge in [-0.25, -0.2) is 0 Å². The van der Waals surface area contributed by atoms with Crippen molar-refractivity contribution in [2.45, 2.75) is 39.8 Å². The van der Waals surface area contributed by atoms with Gasteiger partial charge < -0.3 is 0 Å². The number of benzene rings is 2. The van der Waals surface area contributed by atoms with E-state index in [2.05, 4.69) is 11.5 Å². The Balaban J connectivity index is 2.45. The van der Waals surface area contributed by atoms with Crippen LogP contribution < -0.4 is 4.40 Å². The molecule has 0 aliphatic rings. The van der Waals surface area contributed by atoms with Crippen LogP contribution in [0.25, 0.3) is 0 Å². The van der Waals surface area contributed by atoms with Gasteiger partial charge >= 0.3 is 147 Å². The Labute approximate surface area is 147 Å². The van der Waals surface area contributed by atoms with E-state index >= 15 is 0 Å². The van der Waals surface area contributed by atoms with Crippen LogP contribution in [0.3, 0.4) is 0 Å². The molecule has 0 N–H and O–H groups in total. The molecule has 0 aromatic heterocycles. The molecule has 130 valence electrons. The molecule has 0 amide bonds. The Morgan fingerprint density at radius 3 is 2.00 bits per heavy atom. The molecule has 0 spiro atoms. The zero-order valence-electron chi connectivity index (χ0n) is 14.3. The van der Waals surface area contributed by atoms with Crippen LogP contribution in [0.4, 0.5) is 4.39 Å². The average molecular weight is 409 g/mol. The molecular formula is C19H25FGeO2S. The number of hydrogen-bond donors (Lipinski definition) is 0. The number of alkyl halides is 1. The SMILES string of the molecule is [CH3][Ge]([CH3])([c]1ccccc1)[CH](CCCCF)S(=O)(=O)c1ccccc1. The molecule has 2 nitrogen and oxygen atoms in total. The van der Waals surface area contributed by atoms with Crippen LogP contribution in [0.2, 0.25) is 11.5 Å². The van der Waals surface area contributed by atoms with Gasteiger partial charge in [0, 0.05) is 0 Å². The molecule has 0 saturated carbocycles. The van der Waals surface area contributed by atoms with Crippen LogP contribution in [-0.2, 0) is 9.84 Å². The third-order valence-electron chi connectivity index (χ3n) is 4.62. The van der Waals surface area contributed by atoms with Crippen molar-refractivity contribution in [3.05, 3.63) is 60.7 Å². The first-order valence-corrected chi connectivity index (χ1v) is 16.3. The van der Waals surface area contributed by atoms with E-state index < -0.39 is 33.9 Å². The van der Waals surface area contributed by atoms with Crippen molar-refractivity contribution in [3.63, 3.8) is 0 Å². The van der Waals surface area contributed by atoms with Crippen LogP contribution in [0.1, 0.15) is 19.3 Å². The second kappa shape index (κ2) is 8.30. The summed E-state index contributed by atoms with van der Waals surface area (Å²) >= 11 is -2.89. The fourth-order valence-corrected chi connectivity index (χ4v) is 16.6. The van der Waals surface area contributed by atoms with Crippen LogP contribution in [0.15, 0.2) is 65.6 Å². The summed E-state index contributed by atoms with van der Waals surface area (Å²) in [6, 6.07) is 18.6. The summed E-state index contributed by atoms with van der Waals surface area (Å²) in [6.45, 7) is -0.392. The van der Waals surface area contributed by atoms with Gasteiger partial charge in [0.25, 0.3) is 0 Å². The third kappa shape index (κ3) is 4.28. The minimum absolute atomic E-state index is 0.380. The maximum absolute atomic E-state index is 13.3. The minimum atomic E-state index is -3.43. The topological polar surface area (TPSA) is 34.1 Å². The van der Waals surface area contributed by atoms with Gasteiger partial charge in [-0.1, -0.05) is 0 Å². The molecule has 0 saturated heterocycles. The maximum atomic E-state index is 13.3. The van der Waals surface area contributed by atoms with E-state index in [4.69, 9.17) is 0 Å². The zero-order valence-corrected chi connectivity index (χ0v) is 17.2. The number of hydrogen-bond acceptors (Lipinski definition) is 2. The van der Waals surface area contributed by atoms with Crippen LogP contribution in [0, 0.1) is 0 Å². The van der Waals surface area contributed by atoms with Crippen molar-refractivity contribution in [1.82, 2.24) is 0 Å². The van der Waals surface area contributed by atoms with Crippen molar-refractivity contribution in [2.75, 3.05) is 6.67 Å². The predicted molar refractivity (Wildman–Crippen MR) is 101 cm³/mol. The quantitative estimate of drug-likeness (QED) is 0.486. The van der Waals surface area contributed by atoms with E-state index in [0.29, 0.717) is 24.2 Å². The first kappa shape index (κ1) is 19.2. The molecule has 0 aliphatic heterocycles. The average Bonchev–Trinajstić information content (AvgIpc) is 2.60. The van der Waals surface area contributed by atoms with Crippen molar-refractivity contribution in [3.8, 4) is 0 Å². The summed E-state index contributed by atoms with van der Waals surface area (Å²) in [5, 5.41) is 0. The zero-order chi connectivity index (χ0) is 17.6. The first-order chi connectivity index (χ1) is 11.4. The molecule has 0 heterocycles. The molecule has 0 radical (unpaired) electrons. The summed E-state index contributed by atoms with van der Waals surface area (Å²) in [6.07, 6.45) is 1.56. The van der Waals surface area contributed by atoms with Crippen LogP contribution >= 0.6 is 0 Å². The molecule has 2 aromatic rings. The fraction of sp³-hybridized carbons (Fsp3) is 0.368. The molecular weight excluding hydrogens is 384 g/mol. The molecule has 1 unspecified atom stereocenters. The summed E-state index contributed by atoms with van der Waals surface area (Å²) in [5.74, 6) is 4.30. The molecule has 24 heavy (non-hydrogen) atoms. The molecule has 1 atom stereocenters. The summed E-state index contributed by atoms with van der Waals surface area (Å²) in [4.78, 5) is 0.380. The van der Waals surface area contributed by atoms with Crippen molar-refractivity contribution in [2.24, 2.45) is 0 Å². The number of unbranched alkanes of at least 4 members (excludes halogenated alkanes) is 1. The Morgan fingerprint density at radius 2 is 1.46 bits per heavy atom. The van der Waals surface area contributed by atoms with Gasteiger partial charge in [-0.15, -0.1) is 0 Å². The molecule has 0 bridgehead atoms. The molecule has 0 fully saturated rings. The van der Waals surface area contributed by atoms with Gasteiger partial charge in [0.15, 0.2) is 0 Å². The van der Waals surface area contributed by atoms with Crippen LogP contribution in [-0.4, -0.2) is 32.4 Å². The van der Waals surface area contributed by atoms with Gasteiger partial charge in [0.05, 0.1) is 0 Å². The van der Waals surface area contributed by atoms with Crippen LogP contribution in [0.5, 0.6) is 0 Å².